The Morgan fingerprint density at radius 1 is 1.10 bits per heavy atom. The maximum atomic E-state index is 12.3. The van der Waals surface area contributed by atoms with E-state index in [4.69, 9.17) is 0 Å². The number of hydrogen-bond acceptors (Lipinski definition) is 4. The quantitative estimate of drug-likeness (QED) is 0.645. The van der Waals surface area contributed by atoms with Gasteiger partial charge in [0.1, 0.15) is 0 Å². The monoisotopic (exact) mass is 407 g/mol. The van der Waals surface area contributed by atoms with Gasteiger partial charge in [0, 0.05) is 30.0 Å². The molecule has 30 heavy (non-hydrogen) atoms. The van der Waals surface area contributed by atoms with Crippen LogP contribution < -0.4 is 10.6 Å². The molecule has 0 aliphatic carbocycles. The summed E-state index contributed by atoms with van der Waals surface area (Å²) in [4.78, 5) is 28.9. The first-order valence-corrected chi connectivity index (χ1v) is 10.2. The number of pyridine rings is 1. The molecule has 2 heterocycles. The van der Waals surface area contributed by atoms with Crippen LogP contribution in [0.4, 0.5) is 5.69 Å². The summed E-state index contributed by atoms with van der Waals surface area (Å²) in [5.41, 5.74) is 3.19. The number of rotatable bonds is 6. The van der Waals surface area contributed by atoms with Crippen LogP contribution in [0.2, 0.25) is 0 Å². The highest BCUT2D eigenvalue weighted by molar-refractivity contribution is 5.95. The lowest BCUT2D eigenvalue weighted by Crippen LogP contribution is -2.27. The van der Waals surface area contributed by atoms with E-state index in [9.17, 15) is 9.59 Å². The van der Waals surface area contributed by atoms with E-state index in [1.807, 2.05) is 48.9 Å². The molecule has 0 aliphatic heterocycles. The van der Waals surface area contributed by atoms with Crippen molar-refractivity contribution >= 4 is 28.5 Å². The van der Waals surface area contributed by atoms with E-state index in [2.05, 4.69) is 41.5 Å². The first-order valence-electron chi connectivity index (χ1n) is 10.2. The molecule has 0 saturated carbocycles. The molecule has 0 bridgehead atoms. The second-order valence-corrected chi connectivity index (χ2v) is 8.70. The topological polar surface area (TPSA) is 88.9 Å². The predicted octanol–water partition coefficient (Wildman–Crippen LogP) is 4.07. The fraction of sp³-hybridized carbons (Fsp3) is 0.391. The lowest BCUT2D eigenvalue weighted by atomic mass is 9.87. The smallest absolute Gasteiger partial charge is 0.251 e. The summed E-state index contributed by atoms with van der Waals surface area (Å²) in [6.07, 6.45) is 3.54. The van der Waals surface area contributed by atoms with Crippen molar-refractivity contribution in [2.45, 2.75) is 52.5 Å². The highest BCUT2D eigenvalue weighted by Crippen LogP contribution is 2.22. The van der Waals surface area contributed by atoms with Crippen LogP contribution in [0.15, 0.2) is 42.7 Å². The summed E-state index contributed by atoms with van der Waals surface area (Å²) >= 11 is 0. The molecule has 2 N–H and O–H groups in total. The Bertz CT molecular complexity index is 1050. The molecule has 7 heteroatoms. The third-order valence-corrected chi connectivity index (χ3v) is 4.86. The summed E-state index contributed by atoms with van der Waals surface area (Å²) in [6, 6.07) is 9.62. The molecule has 0 unspecified atom stereocenters. The molecule has 0 fully saturated rings. The highest BCUT2D eigenvalue weighted by atomic mass is 16.2. The van der Waals surface area contributed by atoms with Crippen molar-refractivity contribution in [1.29, 1.82) is 0 Å². The second-order valence-electron chi connectivity index (χ2n) is 8.70. The maximum Gasteiger partial charge on any atom is 0.251 e. The summed E-state index contributed by atoms with van der Waals surface area (Å²) in [6.45, 7) is 10.7. The van der Waals surface area contributed by atoms with E-state index in [1.165, 1.54) is 5.56 Å². The van der Waals surface area contributed by atoms with Gasteiger partial charge < -0.3 is 10.6 Å². The largest absolute Gasteiger partial charge is 0.352 e. The normalized spacial score (nSPS) is 11.7. The van der Waals surface area contributed by atoms with Gasteiger partial charge in [0.25, 0.3) is 5.91 Å². The average molecular weight is 408 g/mol. The molecule has 2 aromatic heterocycles. The van der Waals surface area contributed by atoms with E-state index >= 15 is 0 Å². The summed E-state index contributed by atoms with van der Waals surface area (Å²) < 4.78 is 1.84. The van der Waals surface area contributed by atoms with Crippen molar-refractivity contribution in [3.05, 3.63) is 53.9 Å². The van der Waals surface area contributed by atoms with Crippen molar-refractivity contribution in [2.24, 2.45) is 0 Å². The molecular weight excluding hydrogens is 378 g/mol. The van der Waals surface area contributed by atoms with Gasteiger partial charge >= 0.3 is 0 Å². The number of aromatic nitrogens is 3. The zero-order valence-corrected chi connectivity index (χ0v) is 18.2. The van der Waals surface area contributed by atoms with Gasteiger partial charge in [0.05, 0.1) is 18.1 Å². The van der Waals surface area contributed by atoms with Crippen molar-refractivity contribution in [3.8, 4) is 0 Å². The van der Waals surface area contributed by atoms with Crippen LogP contribution in [-0.2, 0) is 10.2 Å². The Labute approximate surface area is 176 Å². The Kier molecular flexibility index (Phi) is 6.20. The molecule has 0 saturated heterocycles. The zero-order chi connectivity index (χ0) is 21.9. The van der Waals surface area contributed by atoms with Crippen LogP contribution in [0.5, 0.6) is 0 Å². The lowest BCUT2D eigenvalue weighted by molar-refractivity contribution is -0.116. The number of benzene rings is 1. The van der Waals surface area contributed by atoms with Gasteiger partial charge in [-0.05, 0) is 43.0 Å². The summed E-state index contributed by atoms with van der Waals surface area (Å²) in [7, 11) is 0. The van der Waals surface area contributed by atoms with Gasteiger partial charge in [-0.3, -0.25) is 9.59 Å². The number of carbonyl (C=O) groups excluding carboxylic acids is 2. The number of fused-ring (bicyclic) bond motifs is 1. The average Bonchev–Trinajstić information content (AvgIpc) is 3.11. The van der Waals surface area contributed by atoms with Crippen LogP contribution in [0.1, 0.15) is 63.0 Å². The minimum absolute atomic E-state index is 0.0401. The first-order chi connectivity index (χ1) is 14.1. The van der Waals surface area contributed by atoms with Gasteiger partial charge in [0.15, 0.2) is 5.65 Å². The van der Waals surface area contributed by atoms with E-state index in [-0.39, 0.29) is 36.2 Å². The number of hydrogen-bond donors (Lipinski definition) is 2. The number of anilines is 1. The standard InChI is InChI=1S/C23H29N5O2/c1-15(2)28-21-17(13-26-28)12-19(14-25-21)27-20(29)10-11-24-22(30)16-6-8-18(9-7-16)23(3,4)5/h6-9,12-15H,10-11H2,1-5H3,(H,24,30)(H,27,29). The minimum Gasteiger partial charge on any atom is -0.352 e. The van der Waals surface area contributed by atoms with E-state index in [0.717, 1.165) is 11.0 Å². The molecule has 0 atom stereocenters. The Balaban J connectivity index is 1.51. The van der Waals surface area contributed by atoms with Crippen LogP contribution >= 0.6 is 0 Å². The number of nitrogens with one attached hydrogen (secondary N) is 2. The zero-order valence-electron chi connectivity index (χ0n) is 18.2. The molecule has 3 aromatic rings. The first kappa shape index (κ1) is 21.5. The fourth-order valence-corrected chi connectivity index (χ4v) is 3.12. The molecule has 0 radical (unpaired) electrons. The SMILES string of the molecule is CC(C)n1ncc2cc(NC(=O)CCNC(=O)c3ccc(C(C)(C)C)cc3)cnc21. The highest BCUT2D eigenvalue weighted by Gasteiger charge is 2.14. The number of amides is 2. The van der Waals surface area contributed by atoms with Crippen molar-refractivity contribution in [1.82, 2.24) is 20.1 Å². The van der Waals surface area contributed by atoms with Gasteiger partial charge in [0.2, 0.25) is 5.91 Å². The van der Waals surface area contributed by atoms with Crippen molar-refractivity contribution < 1.29 is 9.59 Å². The van der Waals surface area contributed by atoms with Gasteiger partial charge in [-0.2, -0.15) is 5.10 Å². The molecule has 3 rings (SSSR count). The molecular formula is C23H29N5O2. The van der Waals surface area contributed by atoms with Gasteiger partial charge in [-0.25, -0.2) is 9.67 Å². The Morgan fingerprint density at radius 2 is 1.80 bits per heavy atom. The Hall–Kier alpha value is -3.22. The van der Waals surface area contributed by atoms with E-state index < -0.39 is 0 Å². The predicted molar refractivity (Wildman–Crippen MR) is 119 cm³/mol. The number of carbonyl (C=O) groups is 2. The van der Waals surface area contributed by atoms with Crippen molar-refractivity contribution in [2.75, 3.05) is 11.9 Å². The van der Waals surface area contributed by atoms with Crippen LogP contribution in [0, 0.1) is 0 Å². The molecule has 0 spiro atoms. The molecule has 2 amide bonds. The molecule has 158 valence electrons. The summed E-state index contributed by atoms with van der Waals surface area (Å²) in [5, 5.41) is 10.8. The van der Waals surface area contributed by atoms with Crippen LogP contribution in [-0.4, -0.2) is 33.1 Å². The lowest BCUT2D eigenvalue weighted by Gasteiger charge is -2.19. The van der Waals surface area contributed by atoms with E-state index in [0.29, 0.717) is 11.3 Å². The molecule has 1 aromatic carbocycles. The van der Waals surface area contributed by atoms with Gasteiger partial charge in [-0.15, -0.1) is 0 Å². The fourth-order valence-electron chi connectivity index (χ4n) is 3.12. The van der Waals surface area contributed by atoms with Crippen LogP contribution in [0.3, 0.4) is 0 Å². The van der Waals surface area contributed by atoms with Crippen molar-refractivity contribution in [3.63, 3.8) is 0 Å². The second kappa shape index (κ2) is 8.65. The third-order valence-electron chi connectivity index (χ3n) is 4.86. The maximum absolute atomic E-state index is 12.3. The third kappa shape index (κ3) is 5.03. The minimum atomic E-state index is -0.188. The van der Waals surface area contributed by atoms with E-state index in [1.54, 1.807) is 12.4 Å². The molecule has 7 nitrogen and oxygen atoms in total. The number of nitrogens with zero attached hydrogens (tertiary/aromatic N) is 3. The Morgan fingerprint density at radius 3 is 2.43 bits per heavy atom. The van der Waals surface area contributed by atoms with Gasteiger partial charge in [-0.1, -0.05) is 32.9 Å². The van der Waals surface area contributed by atoms with Crippen LogP contribution in [0.25, 0.3) is 11.0 Å². The molecule has 0 aliphatic rings. The summed E-state index contributed by atoms with van der Waals surface area (Å²) in [5.74, 6) is -0.372.